The summed E-state index contributed by atoms with van der Waals surface area (Å²) < 4.78 is 9.14. The van der Waals surface area contributed by atoms with Crippen LogP contribution in [0.1, 0.15) is 25.1 Å². The predicted octanol–water partition coefficient (Wildman–Crippen LogP) is 3.89. The Morgan fingerprint density at radius 2 is 2.11 bits per heavy atom. The average molecular weight is 418 g/mol. The van der Waals surface area contributed by atoms with Crippen LogP contribution in [0.5, 0.6) is 0 Å². The zero-order valence-corrected chi connectivity index (χ0v) is 18.0. The maximum Gasteiger partial charge on any atom is 0.249 e. The number of rotatable bonds is 5. The molecule has 1 N–H and O–H groups in total. The molecule has 6 nitrogen and oxygen atoms in total. The number of benzene rings is 1. The molecule has 1 aliphatic rings. The molecule has 0 spiro atoms. The van der Waals surface area contributed by atoms with Gasteiger partial charge in [0.1, 0.15) is 11.9 Å². The van der Waals surface area contributed by atoms with Crippen LogP contribution in [0.3, 0.4) is 0 Å². The van der Waals surface area contributed by atoms with Gasteiger partial charge in [0.05, 0.1) is 11.2 Å². The number of aromatic nitrogens is 3. The molecule has 148 valence electrons. The summed E-state index contributed by atoms with van der Waals surface area (Å²) >= 11 is 7.56. The number of aryl methyl sites for hydroxylation is 2. The minimum atomic E-state index is -0.0972. The number of carbonyl (C=O) groups excluding carboxylic acids is 1. The van der Waals surface area contributed by atoms with Crippen LogP contribution in [-0.2, 0) is 18.3 Å². The van der Waals surface area contributed by atoms with Crippen LogP contribution >= 0.6 is 23.7 Å². The Balaban J connectivity index is 1.67. The van der Waals surface area contributed by atoms with E-state index in [1.165, 1.54) is 17.7 Å². The Hall–Kier alpha value is -1.96. The Kier molecular flexibility index (Phi) is 5.16. The van der Waals surface area contributed by atoms with E-state index in [2.05, 4.69) is 44.8 Å². The second kappa shape index (κ2) is 7.46. The lowest BCUT2D eigenvalue weighted by Crippen LogP contribution is -2.37. The molecule has 0 aliphatic carbocycles. The summed E-state index contributed by atoms with van der Waals surface area (Å²) in [6, 6.07) is 7.90. The molecule has 0 saturated carbocycles. The van der Waals surface area contributed by atoms with Crippen LogP contribution in [0.25, 0.3) is 16.7 Å². The van der Waals surface area contributed by atoms with Crippen molar-refractivity contribution in [2.75, 3.05) is 6.54 Å². The van der Waals surface area contributed by atoms with Crippen LogP contribution < -0.4 is 4.72 Å². The molecule has 3 aromatic rings. The topological polar surface area (TPSA) is 55.1 Å². The van der Waals surface area contributed by atoms with E-state index in [0.29, 0.717) is 0 Å². The molecule has 2 aromatic heterocycles. The summed E-state index contributed by atoms with van der Waals surface area (Å²) in [5.74, 6) is 1.42. The summed E-state index contributed by atoms with van der Waals surface area (Å²) in [6.45, 7) is 6.99. The lowest BCUT2D eigenvalue weighted by atomic mass is 10.0. The molecular weight excluding hydrogens is 394 g/mol. The molecule has 4 rings (SSSR count). The van der Waals surface area contributed by atoms with Crippen LogP contribution in [-0.4, -0.2) is 37.1 Å². The van der Waals surface area contributed by atoms with Crippen molar-refractivity contribution in [1.82, 2.24) is 23.4 Å². The van der Waals surface area contributed by atoms with E-state index in [1.807, 2.05) is 36.9 Å². The fourth-order valence-corrected chi connectivity index (χ4v) is 5.12. The Morgan fingerprint density at radius 3 is 2.86 bits per heavy atom. The van der Waals surface area contributed by atoms with Gasteiger partial charge in [0.15, 0.2) is 0 Å². The quantitative estimate of drug-likeness (QED) is 0.640. The second-order valence-corrected chi connectivity index (χ2v) is 8.83. The van der Waals surface area contributed by atoms with Gasteiger partial charge in [-0.15, -0.1) is 0 Å². The van der Waals surface area contributed by atoms with Gasteiger partial charge in [-0.3, -0.25) is 14.2 Å². The number of nitrogens with one attached hydrogen (secondary N) is 1. The van der Waals surface area contributed by atoms with E-state index < -0.39 is 0 Å². The van der Waals surface area contributed by atoms with Crippen LogP contribution in [0.2, 0.25) is 5.02 Å². The molecule has 1 aromatic carbocycles. The number of amides is 1. The molecule has 0 bridgehead atoms. The highest BCUT2D eigenvalue weighted by atomic mass is 35.5. The Bertz CT molecular complexity index is 1040. The molecule has 8 heteroatoms. The summed E-state index contributed by atoms with van der Waals surface area (Å²) in [5, 5.41) is 6.50. The van der Waals surface area contributed by atoms with Crippen molar-refractivity contribution in [3.05, 3.63) is 46.7 Å². The highest BCUT2D eigenvalue weighted by Gasteiger charge is 2.36. The molecule has 3 heterocycles. The maximum absolute atomic E-state index is 12.1. The summed E-state index contributed by atoms with van der Waals surface area (Å²) in [5.41, 5.74) is 3.30. The first-order chi connectivity index (χ1) is 13.4. The van der Waals surface area contributed by atoms with Crippen molar-refractivity contribution in [3.63, 3.8) is 0 Å². The summed E-state index contributed by atoms with van der Waals surface area (Å²) in [4.78, 5) is 12.1. The average Bonchev–Trinajstić information content (AvgIpc) is 3.28. The highest BCUT2D eigenvalue weighted by Crippen LogP contribution is 2.29. The molecule has 28 heavy (non-hydrogen) atoms. The lowest BCUT2D eigenvalue weighted by molar-refractivity contribution is -0.122. The van der Waals surface area contributed by atoms with E-state index in [-0.39, 0.29) is 17.9 Å². The van der Waals surface area contributed by atoms with Crippen molar-refractivity contribution in [1.29, 1.82) is 0 Å². The first-order valence-corrected chi connectivity index (χ1v) is 10.5. The van der Waals surface area contributed by atoms with E-state index in [0.717, 1.165) is 40.4 Å². The fraction of sp³-hybridized carbons (Fsp3) is 0.400. The van der Waals surface area contributed by atoms with Crippen LogP contribution in [0, 0.1) is 12.8 Å². The predicted molar refractivity (Wildman–Crippen MR) is 115 cm³/mol. The first-order valence-electron chi connectivity index (χ1n) is 9.39. The van der Waals surface area contributed by atoms with Gasteiger partial charge in [-0.2, -0.15) is 5.10 Å². The molecule has 1 atom stereocenters. The monoisotopic (exact) mass is 417 g/mol. The van der Waals surface area contributed by atoms with E-state index in [9.17, 15) is 4.79 Å². The van der Waals surface area contributed by atoms with E-state index >= 15 is 0 Å². The molecular formula is C20H24ClN5OS. The Morgan fingerprint density at radius 1 is 1.32 bits per heavy atom. The summed E-state index contributed by atoms with van der Waals surface area (Å²) in [6.07, 6.45) is 2.88. The molecule has 1 fully saturated rings. The largest absolute Gasteiger partial charge is 0.301 e. The van der Waals surface area contributed by atoms with Crippen molar-refractivity contribution in [3.8, 4) is 5.82 Å². The minimum absolute atomic E-state index is 0.0939. The smallest absolute Gasteiger partial charge is 0.249 e. The molecule has 0 radical (unpaired) electrons. The van der Waals surface area contributed by atoms with Crippen LogP contribution in [0.15, 0.2) is 30.5 Å². The maximum atomic E-state index is 12.1. The standard InChI is InChI=1S/C20H24ClN5OS/c1-12(2)18-19(27)23-28-26(18)10-8-16-13(3)22-24(4)20(16)25-9-7-14-11-15(21)5-6-17(14)25/h5-7,9,11-12,18H,8,10H2,1-4H3,(H,23,27)/t18-/m1/s1. The molecule has 1 amide bonds. The zero-order valence-electron chi connectivity index (χ0n) is 16.4. The van der Waals surface area contributed by atoms with Gasteiger partial charge in [0.25, 0.3) is 0 Å². The fourth-order valence-electron chi connectivity index (χ4n) is 3.98. The number of fused-ring (bicyclic) bond motifs is 1. The number of hydrogen-bond acceptors (Lipinski definition) is 4. The number of halogens is 1. The minimum Gasteiger partial charge on any atom is -0.301 e. The van der Waals surface area contributed by atoms with Crippen molar-refractivity contribution in [2.45, 2.75) is 33.2 Å². The number of hydrogen-bond donors (Lipinski definition) is 1. The molecule has 1 aliphatic heterocycles. The third-order valence-electron chi connectivity index (χ3n) is 5.25. The summed E-state index contributed by atoms with van der Waals surface area (Å²) in [7, 11) is 1.97. The van der Waals surface area contributed by atoms with Crippen molar-refractivity contribution in [2.24, 2.45) is 13.0 Å². The third kappa shape index (κ3) is 3.32. The van der Waals surface area contributed by atoms with Gasteiger partial charge < -0.3 is 4.57 Å². The zero-order chi connectivity index (χ0) is 20.0. The van der Waals surface area contributed by atoms with Crippen molar-refractivity contribution < 1.29 is 4.79 Å². The first kappa shape index (κ1) is 19.4. The van der Waals surface area contributed by atoms with Gasteiger partial charge in [-0.25, -0.2) is 4.31 Å². The van der Waals surface area contributed by atoms with Crippen LogP contribution in [0.4, 0.5) is 0 Å². The number of nitrogens with zero attached hydrogens (tertiary/aromatic N) is 4. The molecule has 1 saturated heterocycles. The van der Waals surface area contributed by atoms with E-state index in [4.69, 9.17) is 11.6 Å². The normalized spacial score (nSPS) is 17.8. The van der Waals surface area contributed by atoms with E-state index in [1.54, 1.807) is 0 Å². The number of carbonyl (C=O) groups is 1. The third-order valence-corrected chi connectivity index (χ3v) is 6.42. The van der Waals surface area contributed by atoms with Gasteiger partial charge in [0.2, 0.25) is 5.91 Å². The van der Waals surface area contributed by atoms with Gasteiger partial charge >= 0.3 is 0 Å². The Labute approximate surface area is 174 Å². The van der Waals surface area contributed by atoms with Crippen molar-refractivity contribution >= 4 is 40.5 Å². The van der Waals surface area contributed by atoms with Gasteiger partial charge in [0, 0.05) is 47.9 Å². The SMILES string of the molecule is Cc1nn(C)c(-n2ccc3cc(Cl)ccc32)c1CCN1SNC(=O)[C@H]1C(C)C. The van der Waals surface area contributed by atoms with Gasteiger partial charge in [-0.1, -0.05) is 25.4 Å². The lowest BCUT2D eigenvalue weighted by Gasteiger charge is -2.22. The van der Waals surface area contributed by atoms with Gasteiger partial charge in [-0.05, 0) is 43.5 Å². The second-order valence-electron chi connectivity index (χ2n) is 7.54. The highest BCUT2D eigenvalue weighted by molar-refractivity contribution is 7.96. The molecule has 0 unspecified atom stereocenters.